The minimum atomic E-state index is 0.305. The van der Waals surface area contributed by atoms with Gasteiger partial charge in [0, 0.05) is 41.7 Å². The molecule has 0 radical (unpaired) electrons. The van der Waals surface area contributed by atoms with Gasteiger partial charge in [0.1, 0.15) is 6.29 Å². The van der Waals surface area contributed by atoms with Crippen molar-refractivity contribution in [1.29, 1.82) is 0 Å². The van der Waals surface area contributed by atoms with Crippen LogP contribution in [0.2, 0.25) is 0 Å². The van der Waals surface area contributed by atoms with Crippen molar-refractivity contribution in [2.24, 2.45) is 0 Å². The van der Waals surface area contributed by atoms with Gasteiger partial charge in [-0.05, 0) is 47.5 Å². The van der Waals surface area contributed by atoms with Crippen LogP contribution in [0.4, 0.5) is 0 Å². The van der Waals surface area contributed by atoms with Gasteiger partial charge >= 0.3 is 0 Å². The smallest absolute Gasteiger partial charge is 0.125 e. The number of rotatable bonds is 4. The topological polar surface area (TPSA) is 55.7 Å². The van der Waals surface area contributed by atoms with Crippen molar-refractivity contribution in [3.05, 3.63) is 78.9 Å². The number of nitrogens with zero attached hydrogens (tertiary/aromatic N) is 3. The average Bonchev–Trinajstić information content (AvgIpc) is 2.68. The third-order valence-electron chi connectivity index (χ3n) is 4.09. The fourth-order valence-electron chi connectivity index (χ4n) is 2.82. The van der Waals surface area contributed by atoms with Crippen LogP contribution in [0.15, 0.2) is 73.2 Å². The lowest BCUT2D eigenvalue weighted by Crippen LogP contribution is -1.93. The molecule has 4 heteroatoms. The van der Waals surface area contributed by atoms with Crippen LogP contribution < -0.4 is 0 Å². The van der Waals surface area contributed by atoms with Crippen molar-refractivity contribution in [1.82, 2.24) is 15.0 Å². The van der Waals surface area contributed by atoms with Gasteiger partial charge in [-0.25, -0.2) is 4.98 Å². The summed E-state index contributed by atoms with van der Waals surface area (Å²) in [5.41, 5.74) is 5.77. The number of carbonyl (C=O) groups is 1. The molecule has 120 valence electrons. The van der Waals surface area contributed by atoms with Crippen molar-refractivity contribution in [3.63, 3.8) is 0 Å². The maximum atomic E-state index is 10.7. The Morgan fingerprint density at radius 1 is 0.880 bits per heavy atom. The van der Waals surface area contributed by atoms with Gasteiger partial charge in [-0.3, -0.25) is 9.97 Å². The van der Waals surface area contributed by atoms with Gasteiger partial charge in [-0.15, -0.1) is 0 Å². The van der Waals surface area contributed by atoms with E-state index in [2.05, 4.69) is 22.1 Å². The second-order valence-electron chi connectivity index (χ2n) is 5.75. The summed E-state index contributed by atoms with van der Waals surface area (Å²) < 4.78 is 0. The highest BCUT2D eigenvalue weighted by molar-refractivity contribution is 5.82. The van der Waals surface area contributed by atoms with E-state index in [-0.39, 0.29) is 0 Å². The van der Waals surface area contributed by atoms with E-state index in [0.717, 1.165) is 45.3 Å². The first-order chi connectivity index (χ1) is 12.3. The highest BCUT2D eigenvalue weighted by Gasteiger charge is 2.05. The van der Waals surface area contributed by atoms with Crippen molar-refractivity contribution in [2.75, 3.05) is 0 Å². The van der Waals surface area contributed by atoms with Crippen LogP contribution in [-0.4, -0.2) is 21.2 Å². The quantitative estimate of drug-likeness (QED) is 0.530. The van der Waals surface area contributed by atoms with E-state index in [9.17, 15) is 4.79 Å². The summed E-state index contributed by atoms with van der Waals surface area (Å²) in [4.78, 5) is 23.8. The Morgan fingerprint density at radius 2 is 1.72 bits per heavy atom. The lowest BCUT2D eigenvalue weighted by atomic mass is 10.0. The van der Waals surface area contributed by atoms with E-state index in [4.69, 9.17) is 4.98 Å². The zero-order valence-electron chi connectivity index (χ0n) is 13.5. The molecule has 3 heterocycles. The van der Waals surface area contributed by atoms with Crippen LogP contribution in [0.3, 0.4) is 0 Å². The summed E-state index contributed by atoms with van der Waals surface area (Å²) in [5, 5.41) is 0.962. The molecule has 3 aromatic heterocycles. The summed E-state index contributed by atoms with van der Waals surface area (Å²) in [6.07, 6.45) is 6.50. The minimum absolute atomic E-state index is 0.305. The van der Waals surface area contributed by atoms with Crippen LogP contribution in [0.25, 0.3) is 33.3 Å². The maximum absolute atomic E-state index is 10.7. The molecule has 0 aliphatic heterocycles. The molecule has 4 rings (SSSR count). The third kappa shape index (κ3) is 3.15. The van der Waals surface area contributed by atoms with E-state index in [0.29, 0.717) is 6.42 Å². The Bertz CT molecular complexity index is 1050. The van der Waals surface area contributed by atoms with Crippen LogP contribution in [0.5, 0.6) is 0 Å². The molecule has 0 aliphatic rings. The first-order valence-corrected chi connectivity index (χ1v) is 8.04. The molecule has 25 heavy (non-hydrogen) atoms. The summed E-state index contributed by atoms with van der Waals surface area (Å²) in [6, 6.07) is 18.1. The fraction of sp³-hybridized carbons (Fsp3) is 0.0476. The van der Waals surface area contributed by atoms with Gasteiger partial charge in [0.15, 0.2) is 0 Å². The number of fused-ring (bicyclic) bond motifs is 1. The molecule has 0 fully saturated rings. The highest BCUT2D eigenvalue weighted by Crippen LogP contribution is 2.26. The summed E-state index contributed by atoms with van der Waals surface area (Å²) in [6.45, 7) is 0. The second-order valence-corrected chi connectivity index (χ2v) is 5.75. The molecule has 0 N–H and O–H groups in total. The van der Waals surface area contributed by atoms with Crippen molar-refractivity contribution >= 4 is 17.2 Å². The first kappa shape index (κ1) is 15.1. The van der Waals surface area contributed by atoms with Crippen LogP contribution in [0, 0.1) is 0 Å². The van der Waals surface area contributed by atoms with Crippen molar-refractivity contribution < 1.29 is 4.79 Å². The Kier molecular flexibility index (Phi) is 4.01. The van der Waals surface area contributed by atoms with E-state index < -0.39 is 0 Å². The number of hydrogen-bond donors (Lipinski definition) is 0. The molecular weight excluding hydrogens is 310 g/mol. The molecule has 4 aromatic rings. The molecule has 0 atom stereocenters. The molecule has 4 nitrogen and oxygen atoms in total. The molecule has 0 aliphatic carbocycles. The van der Waals surface area contributed by atoms with E-state index in [1.807, 2.05) is 42.5 Å². The van der Waals surface area contributed by atoms with Gasteiger partial charge in [0.2, 0.25) is 0 Å². The third-order valence-corrected chi connectivity index (χ3v) is 4.09. The Balaban J connectivity index is 1.77. The van der Waals surface area contributed by atoms with Crippen molar-refractivity contribution in [2.45, 2.75) is 6.42 Å². The summed E-state index contributed by atoms with van der Waals surface area (Å²) in [5.74, 6) is 0. The van der Waals surface area contributed by atoms with Crippen molar-refractivity contribution in [3.8, 4) is 22.4 Å². The number of benzene rings is 1. The van der Waals surface area contributed by atoms with Gasteiger partial charge in [-0.1, -0.05) is 18.2 Å². The Labute approximate surface area is 145 Å². The minimum Gasteiger partial charge on any atom is -0.303 e. The monoisotopic (exact) mass is 325 g/mol. The number of pyridine rings is 3. The molecule has 0 saturated heterocycles. The predicted molar refractivity (Wildman–Crippen MR) is 98.0 cm³/mol. The van der Waals surface area contributed by atoms with E-state index in [1.54, 1.807) is 18.6 Å². The maximum Gasteiger partial charge on any atom is 0.125 e. The van der Waals surface area contributed by atoms with Crippen LogP contribution >= 0.6 is 0 Å². The summed E-state index contributed by atoms with van der Waals surface area (Å²) in [7, 11) is 0. The normalized spacial score (nSPS) is 10.7. The van der Waals surface area contributed by atoms with Crippen LogP contribution in [0.1, 0.15) is 5.69 Å². The largest absolute Gasteiger partial charge is 0.303 e. The SMILES string of the molecule is O=CCc1cc2nc(-c3cccc(-c4ccncc4)c3)ccc2cn1. The second kappa shape index (κ2) is 6.61. The molecule has 0 amide bonds. The zero-order chi connectivity index (χ0) is 17.1. The number of carbonyl (C=O) groups excluding carboxylic acids is 1. The molecule has 0 bridgehead atoms. The van der Waals surface area contributed by atoms with Gasteiger partial charge < -0.3 is 4.79 Å². The Morgan fingerprint density at radius 3 is 2.56 bits per heavy atom. The van der Waals surface area contributed by atoms with Crippen LogP contribution in [-0.2, 0) is 11.2 Å². The van der Waals surface area contributed by atoms with E-state index in [1.165, 1.54) is 0 Å². The number of aldehydes is 1. The fourth-order valence-corrected chi connectivity index (χ4v) is 2.82. The number of hydrogen-bond acceptors (Lipinski definition) is 4. The summed E-state index contributed by atoms with van der Waals surface area (Å²) >= 11 is 0. The first-order valence-electron chi connectivity index (χ1n) is 8.04. The molecule has 1 aromatic carbocycles. The van der Waals surface area contributed by atoms with E-state index >= 15 is 0 Å². The lowest BCUT2D eigenvalue weighted by molar-refractivity contribution is -0.107. The van der Waals surface area contributed by atoms with Gasteiger partial charge in [0.25, 0.3) is 0 Å². The molecule has 0 unspecified atom stereocenters. The number of aromatic nitrogens is 3. The lowest BCUT2D eigenvalue weighted by Gasteiger charge is -2.07. The highest BCUT2D eigenvalue weighted by atomic mass is 16.1. The van der Waals surface area contributed by atoms with Gasteiger partial charge in [0.05, 0.1) is 11.2 Å². The van der Waals surface area contributed by atoms with Gasteiger partial charge in [-0.2, -0.15) is 0 Å². The molecule has 0 saturated carbocycles. The predicted octanol–water partition coefficient (Wildman–Crippen LogP) is 4.10. The average molecular weight is 325 g/mol. The standard InChI is InChI=1S/C21H15N3O/c25-11-8-19-13-21-18(14-23-19)4-5-20(24-21)17-3-1-2-16(12-17)15-6-9-22-10-7-15/h1-7,9-14H,8H2. The zero-order valence-corrected chi connectivity index (χ0v) is 13.5. The Hall–Kier alpha value is -3.40. The molecule has 0 spiro atoms. The molecular formula is C21H15N3O.